The SMILES string of the molecule is CC(C)c1ccc(-c2ccc(-c3cnc(-c4ccc(C[C@H](CC(=O)c5ccc(C(C)(C)C)s5)C(=O)N5CC(C(=O)O)C5)cc4)nc3)cc2)cc1. The summed E-state index contributed by atoms with van der Waals surface area (Å²) in [5.41, 5.74) is 7.32. The number of aromatic nitrogens is 2. The van der Waals surface area contributed by atoms with Gasteiger partial charge in [0.2, 0.25) is 5.91 Å². The number of hydrogen-bond donors (Lipinski definition) is 1. The van der Waals surface area contributed by atoms with Gasteiger partial charge in [0.1, 0.15) is 0 Å². The number of nitrogens with zero attached hydrogens (tertiary/aromatic N) is 3. The van der Waals surface area contributed by atoms with E-state index in [1.54, 1.807) is 4.90 Å². The van der Waals surface area contributed by atoms with E-state index in [1.807, 2.05) is 48.8 Å². The van der Waals surface area contributed by atoms with E-state index in [0.717, 1.165) is 32.7 Å². The molecular weight excluding hydrogens is 643 g/mol. The van der Waals surface area contributed by atoms with Crippen LogP contribution < -0.4 is 0 Å². The van der Waals surface area contributed by atoms with Crippen LogP contribution in [-0.2, 0) is 21.4 Å². The quantitative estimate of drug-likeness (QED) is 0.139. The highest BCUT2D eigenvalue weighted by atomic mass is 32.1. The van der Waals surface area contributed by atoms with Crippen molar-refractivity contribution in [2.75, 3.05) is 13.1 Å². The Labute approximate surface area is 298 Å². The molecule has 1 fully saturated rings. The topological polar surface area (TPSA) is 100 Å². The molecule has 50 heavy (non-hydrogen) atoms. The van der Waals surface area contributed by atoms with Gasteiger partial charge in [-0.3, -0.25) is 14.4 Å². The molecule has 0 bridgehead atoms. The summed E-state index contributed by atoms with van der Waals surface area (Å²) in [5, 5.41) is 9.33. The fourth-order valence-corrected chi connectivity index (χ4v) is 7.16. The highest BCUT2D eigenvalue weighted by molar-refractivity contribution is 7.14. The van der Waals surface area contributed by atoms with Crippen molar-refractivity contribution in [2.45, 2.75) is 58.8 Å². The van der Waals surface area contributed by atoms with Crippen molar-refractivity contribution in [2.24, 2.45) is 11.8 Å². The van der Waals surface area contributed by atoms with E-state index in [4.69, 9.17) is 0 Å². The molecule has 256 valence electrons. The smallest absolute Gasteiger partial charge is 0.310 e. The summed E-state index contributed by atoms with van der Waals surface area (Å²) < 4.78 is 0. The Morgan fingerprint density at radius 2 is 1.32 bits per heavy atom. The molecule has 5 aromatic rings. The molecule has 7 nitrogen and oxygen atoms in total. The number of Topliss-reactive ketones (excluding diaryl/α,β-unsaturated/α-hetero) is 1. The van der Waals surface area contributed by atoms with Gasteiger partial charge < -0.3 is 10.0 Å². The number of likely N-dealkylation sites (tertiary alicyclic amines) is 1. The third-order valence-corrected chi connectivity index (χ3v) is 11.0. The first-order valence-electron chi connectivity index (χ1n) is 17.1. The fourth-order valence-electron chi connectivity index (χ4n) is 6.15. The molecule has 1 aliphatic heterocycles. The number of benzene rings is 3. The van der Waals surface area contributed by atoms with Gasteiger partial charge in [-0.1, -0.05) is 107 Å². The molecule has 6 rings (SSSR count). The predicted molar refractivity (Wildman–Crippen MR) is 199 cm³/mol. The van der Waals surface area contributed by atoms with Crippen LogP contribution in [0, 0.1) is 11.8 Å². The van der Waals surface area contributed by atoms with Crippen LogP contribution in [0.3, 0.4) is 0 Å². The van der Waals surface area contributed by atoms with Gasteiger partial charge in [-0.2, -0.15) is 0 Å². The van der Waals surface area contributed by atoms with Gasteiger partial charge >= 0.3 is 5.97 Å². The third kappa shape index (κ3) is 7.92. The van der Waals surface area contributed by atoms with Crippen LogP contribution in [-0.4, -0.2) is 50.7 Å². The number of carbonyl (C=O) groups excluding carboxylic acids is 2. The van der Waals surface area contributed by atoms with Gasteiger partial charge in [0, 0.05) is 53.8 Å². The lowest BCUT2D eigenvalue weighted by Gasteiger charge is -2.38. The monoisotopic (exact) mass is 685 g/mol. The number of hydrogen-bond acceptors (Lipinski definition) is 6. The molecule has 0 saturated carbocycles. The molecule has 3 heterocycles. The number of ketones is 1. The zero-order valence-electron chi connectivity index (χ0n) is 29.2. The largest absolute Gasteiger partial charge is 0.481 e. The summed E-state index contributed by atoms with van der Waals surface area (Å²) in [6, 6.07) is 28.7. The van der Waals surface area contributed by atoms with Gasteiger partial charge in [-0.25, -0.2) is 9.97 Å². The highest BCUT2D eigenvalue weighted by Gasteiger charge is 2.39. The second-order valence-electron chi connectivity index (χ2n) is 14.6. The molecule has 0 radical (unpaired) electrons. The maximum atomic E-state index is 13.6. The van der Waals surface area contributed by atoms with Gasteiger partial charge in [-0.15, -0.1) is 11.3 Å². The van der Waals surface area contributed by atoms with E-state index in [0.29, 0.717) is 23.0 Å². The number of rotatable bonds is 11. The van der Waals surface area contributed by atoms with Crippen molar-refractivity contribution < 1.29 is 19.5 Å². The minimum absolute atomic E-state index is 0.0644. The fraction of sp³-hybridized carbons (Fsp3) is 0.310. The summed E-state index contributed by atoms with van der Waals surface area (Å²) in [6.45, 7) is 11.1. The number of thiophene rings is 1. The average Bonchev–Trinajstić information content (AvgIpc) is 3.60. The lowest BCUT2D eigenvalue weighted by atomic mass is 9.89. The summed E-state index contributed by atoms with van der Waals surface area (Å²) in [6.07, 6.45) is 4.09. The summed E-state index contributed by atoms with van der Waals surface area (Å²) in [7, 11) is 0. The van der Waals surface area contributed by atoms with E-state index < -0.39 is 17.8 Å². The van der Waals surface area contributed by atoms with Crippen molar-refractivity contribution in [3.05, 3.63) is 118 Å². The van der Waals surface area contributed by atoms with Crippen molar-refractivity contribution in [1.82, 2.24) is 14.9 Å². The Kier molecular flexibility index (Phi) is 10.1. The summed E-state index contributed by atoms with van der Waals surface area (Å²) in [4.78, 5) is 50.9. The minimum atomic E-state index is -0.901. The second kappa shape index (κ2) is 14.5. The normalized spacial score (nSPS) is 14.0. The standard InChI is InChI=1S/C42H43N3O4S/c1-26(2)28-10-12-29(13-11-28)30-14-16-31(17-15-30)34-22-43-39(44-23-34)32-8-6-27(7-9-32)20-33(40(47)45-24-35(25-45)41(48)49)21-36(46)37-18-19-38(50-37)42(3,4)5/h6-19,22-23,26,33,35H,20-21,24-25H2,1-5H3,(H,48,49)/t33-/m1/s1. The van der Waals surface area contributed by atoms with Gasteiger partial charge in [0.15, 0.2) is 11.6 Å². The zero-order valence-corrected chi connectivity index (χ0v) is 30.0. The van der Waals surface area contributed by atoms with Crippen LogP contribution in [0.4, 0.5) is 0 Å². The number of carboxylic acid groups (broad SMARTS) is 1. The first-order valence-corrected chi connectivity index (χ1v) is 17.9. The number of amides is 1. The molecule has 2 aromatic heterocycles. The van der Waals surface area contributed by atoms with Crippen LogP contribution >= 0.6 is 11.3 Å². The second-order valence-corrected chi connectivity index (χ2v) is 15.7. The van der Waals surface area contributed by atoms with E-state index >= 15 is 0 Å². The maximum Gasteiger partial charge on any atom is 0.310 e. The Morgan fingerprint density at radius 1 is 0.780 bits per heavy atom. The number of carboxylic acids is 1. The molecule has 3 aromatic carbocycles. The van der Waals surface area contributed by atoms with Crippen LogP contribution in [0.25, 0.3) is 33.6 Å². The summed E-state index contributed by atoms with van der Waals surface area (Å²) >= 11 is 1.47. The van der Waals surface area contributed by atoms with Crippen LogP contribution in [0.5, 0.6) is 0 Å². The van der Waals surface area contributed by atoms with Crippen LogP contribution in [0.15, 0.2) is 97.3 Å². The molecule has 8 heteroatoms. The first kappa shape index (κ1) is 34.9. The Morgan fingerprint density at radius 3 is 1.84 bits per heavy atom. The molecular formula is C42H43N3O4S. The average molecular weight is 686 g/mol. The minimum Gasteiger partial charge on any atom is -0.481 e. The van der Waals surface area contributed by atoms with E-state index in [2.05, 4.69) is 93.1 Å². The van der Waals surface area contributed by atoms with E-state index in [-0.39, 0.29) is 36.6 Å². The van der Waals surface area contributed by atoms with Crippen molar-refractivity contribution in [1.29, 1.82) is 0 Å². The van der Waals surface area contributed by atoms with Crippen molar-refractivity contribution in [3.8, 4) is 33.6 Å². The van der Waals surface area contributed by atoms with Gasteiger partial charge in [0.05, 0.1) is 10.8 Å². The lowest BCUT2D eigenvalue weighted by Crippen LogP contribution is -2.55. The maximum absolute atomic E-state index is 13.6. The van der Waals surface area contributed by atoms with E-state index in [9.17, 15) is 19.5 Å². The van der Waals surface area contributed by atoms with Gasteiger partial charge in [-0.05, 0) is 57.7 Å². The molecule has 1 N–H and O–H groups in total. The molecule has 1 amide bonds. The zero-order chi connectivity index (χ0) is 35.6. The highest BCUT2D eigenvalue weighted by Crippen LogP contribution is 2.32. The van der Waals surface area contributed by atoms with Crippen LogP contribution in [0.2, 0.25) is 0 Å². The predicted octanol–water partition coefficient (Wildman–Crippen LogP) is 8.93. The van der Waals surface area contributed by atoms with Crippen molar-refractivity contribution in [3.63, 3.8) is 0 Å². The molecule has 0 unspecified atom stereocenters. The van der Waals surface area contributed by atoms with E-state index in [1.165, 1.54) is 22.5 Å². The summed E-state index contributed by atoms with van der Waals surface area (Å²) in [5.74, 6) is -1.20. The number of carbonyl (C=O) groups is 3. The molecule has 1 aliphatic rings. The Hall–Kier alpha value is -4.95. The number of aliphatic carboxylic acids is 1. The molecule has 0 aliphatic carbocycles. The Bertz CT molecular complexity index is 1970. The lowest BCUT2D eigenvalue weighted by molar-refractivity contribution is -0.154. The molecule has 1 saturated heterocycles. The molecule has 0 spiro atoms. The van der Waals surface area contributed by atoms with Crippen molar-refractivity contribution >= 4 is 29.0 Å². The Balaban J connectivity index is 1.13. The van der Waals surface area contributed by atoms with Crippen LogP contribution in [0.1, 0.15) is 72.6 Å². The molecule has 1 atom stereocenters. The first-order chi connectivity index (χ1) is 23.9. The third-order valence-electron chi connectivity index (χ3n) is 9.42. The van der Waals surface area contributed by atoms with Gasteiger partial charge in [0.25, 0.3) is 0 Å².